The van der Waals surface area contributed by atoms with E-state index in [0.29, 0.717) is 5.69 Å². The molecule has 1 aliphatic heterocycles. The molecule has 0 amide bonds. The van der Waals surface area contributed by atoms with Crippen LogP contribution in [0.25, 0.3) is 5.57 Å². The number of nitrogen functional groups attached to an aromatic ring is 1. The largest absolute Gasteiger partial charge is 0.419 e. The number of hydrogen-bond acceptors (Lipinski definition) is 2. The zero-order valence-corrected chi connectivity index (χ0v) is 14.2. The van der Waals surface area contributed by atoms with Gasteiger partial charge in [0.1, 0.15) is 5.69 Å². The van der Waals surface area contributed by atoms with Crippen molar-refractivity contribution < 1.29 is 18.2 Å². The Morgan fingerprint density at radius 2 is 1.78 bits per heavy atom. The number of guanidine groups is 1. The van der Waals surface area contributed by atoms with Crippen molar-refractivity contribution in [1.29, 1.82) is 0 Å². The second kappa shape index (κ2) is 7.45. The molecule has 0 aromatic heterocycles. The zero-order valence-electron chi connectivity index (χ0n) is 14.2. The lowest BCUT2D eigenvalue weighted by Gasteiger charge is -2.16. The van der Waals surface area contributed by atoms with E-state index in [9.17, 15) is 13.2 Å². The molecule has 8 heteroatoms. The molecule has 5 nitrogen and oxygen atoms in total. The average molecular weight is 374 g/mol. The second-order valence-corrected chi connectivity index (χ2v) is 5.95. The SMILES string of the molecule is NC(Nc1ccccc1C(F)(F)F)=[NH+]C1C=CC(c2ccc(N)cc2)=CN1. The normalized spacial score (nSPS) is 17.2. The minimum Gasteiger partial charge on any atom is -0.399 e. The van der Waals surface area contributed by atoms with E-state index in [4.69, 9.17) is 11.5 Å². The molecular weight excluding hydrogens is 355 g/mol. The number of dihydropyridines is 1. The van der Waals surface area contributed by atoms with Crippen molar-refractivity contribution in [2.24, 2.45) is 5.73 Å². The van der Waals surface area contributed by atoms with Gasteiger partial charge in [0, 0.05) is 11.9 Å². The third kappa shape index (κ3) is 4.60. The summed E-state index contributed by atoms with van der Waals surface area (Å²) >= 11 is 0. The Morgan fingerprint density at radius 3 is 2.41 bits per heavy atom. The summed E-state index contributed by atoms with van der Waals surface area (Å²) < 4.78 is 39.1. The van der Waals surface area contributed by atoms with Crippen LogP contribution in [0.1, 0.15) is 11.1 Å². The molecule has 1 heterocycles. The first-order valence-electron chi connectivity index (χ1n) is 8.15. The van der Waals surface area contributed by atoms with E-state index in [0.717, 1.165) is 17.2 Å². The summed E-state index contributed by atoms with van der Waals surface area (Å²) in [6.07, 6.45) is 0.657. The van der Waals surface area contributed by atoms with Gasteiger partial charge in [0.2, 0.25) is 0 Å². The zero-order chi connectivity index (χ0) is 19.4. The highest BCUT2D eigenvalue weighted by atomic mass is 19.4. The molecule has 2 aromatic rings. The Morgan fingerprint density at radius 1 is 1.07 bits per heavy atom. The highest BCUT2D eigenvalue weighted by Gasteiger charge is 2.34. The molecule has 0 aliphatic carbocycles. The quantitative estimate of drug-likeness (QED) is 0.321. The second-order valence-electron chi connectivity index (χ2n) is 5.95. The molecule has 140 valence electrons. The lowest BCUT2D eigenvalue weighted by Crippen LogP contribution is -2.85. The number of benzene rings is 2. The van der Waals surface area contributed by atoms with Gasteiger partial charge in [-0.05, 0) is 41.5 Å². The van der Waals surface area contributed by atoms with Crippen LogP contribution in [-0.2, 0) is 6.18 Å². The number of anilines is 2. The van der Waals surface area contributed by atoms with E-state index in [1.165, 1.54) is 18.2 Å². The Hall–Kier alpha value is -3.42. The van der Waals surface area contributed by atoms with Crippen molar-refractivity contribution in [3.05, 3.63) is 78.0 Å². The van der Waals surface area contributed by atoms with Gasteiger partial charge in [0.25, 0.3) is 0 Å². The lowest BCUT2D eigenvalue weighted by molar-refractivity contribution is -0.495. The minimum atomic E-state index is -4.47. The highest BCUT2D eigenvalue weighted by Crippen LogP contribution is 2.34. The summed E-state index contributed by atoms with van der Waals surface area (Å²) in [6, 6.07) is 12.6. The van der Waals surface area contributed by atoms with Gasteiger partial charge >= 0.3 is 12.1 Å². The van der Waals surface area contributed by atoms with Crippen molar-refractivity contribution in [1.82, 2.24) is 5.32 Å². The van der Waals surface area contributed by atoms with Crippen LogP contribution in [0.3, 0.4) is 0 Å². The van der Waals surface area contributed by atoms with E-state index < -0.39 is 11.7 Å². The van der Waals surface area contributed by atoms with E-state index in [1.54, 1.807) is 6.20 Å². The van der Waals surface area contributed by atoms with Gasteiger partial charge in [-0.1, -0.05) is 30.3 Å². The van der Waals surface area contributed by atoms with Crippen LogP contribution in [0, 0.1) is 0 Å². The molecule has 1 aliphatic rings. The summed E-state index contributed by atoms with van der Waals surface area (Å²) in [6.45, 7) is 0. The Balaban J connectivity index is 1.69. The number of hydrogen-bond donors (Lipinski definition) is 5. The number of allylic oxidation sites excluding steroid dienone is 2. The minimum absolute atomic E-state index is 0.00168. The van der Waals surface area contributed by atoms with Gasteiger partial charge in [-0.15, -0.1) is 0 Å². The maximum Gasteiger partial charge on any atom is 0.419 e. The van der Waals surface area contributed by atoms with E-state index in [1.807, 2.05) is 36.4 Å². The van der Waals surface area contributed by atoms with E-state index in [-0.39, 0.29) is 17.8 Å². The third-order valence-corrected chi connectivity index (χ3v) is 3.94. The van der Waals surface area contributed by atoms with Crippen molar-refractivity contribution in [2.75, 3.05) is 11.1 Å². The van der Waals surface area contributed by atoms with E-state index in [2.05, 4.69) is 15.6 Å². The number of halogens is 3. The Kier molecular flexibility index (Phi) is 5.07. The molecule has 0 saturated heterocycles. The molecular formula is C19H19F3N5+. The number of nitrogens with two attached hydrogens (primary N) is 2. The Labute approximate surface area is 154 Å². The summed E-state index contributed by atoms with van der Waals surface area (Å²) in [5.41, 5.74) is 13.2. The standard InChI is InChI=1S/C19H18F3N5/c20-19(21,22)15-3-1-2-4-16(15)26-18(24)27-17-10-7-13(11-25-17)12-5-8-14(23)9-6-12/h1-11,17,25H,23H2,(H3,24,26,27)/p+1. The van der Waals surface area contributed by atoms with Crippen LogP contribution >= 0.6 is 0 Å². The molecule has 0 fully saturated rings. The number of nitrogens with one attached hydrogen (secondary N) is 3. The van der Waals surface area contributed by atoms with Crippen LogP contribution < -0.4 is 27.1 Å². The van der Waals surface area contributed by atoms with Crippen LogP contribution in [0.4, 0.5) is 24.5 Å². The maximum absolute atomic E-state index is 13.0. The van der Waals surface area contributed by atoms with Crippen LogP contribution in [0.2, 0.25) is 0 Å². The summed E-state index contributed by atoms with van der Waals surface area (Å²) in [4.78, 5) is 2.88. The first-order chi connectivity index (χ1) is 12.8. The van der Waals surface area contributed by atoms with E-state index >= 15 is 0 Å². The third-order valence-electron chi connectivity index (χ3n) is 3.94. The van der Waals surface area contributed by atoms with Gasteiger partial charge in [-0.3, -0.25) is 10.7 Å². The van der Waals surface area contributed by atoms with Crippen LogP contribution in [0.15, 0.2) is 66.9 Å². The smallest absolute Gasteiger partial charge is 0.399 e. The fraction of sp³-hybridized carbons (Fsp3) is 0.105. The fourth-order valence-electron chi connectivity index (χ4n) is 2.62. The lowest BCUT2D eigenvalue weighted by atomic mass is 10.0. The number of rotatable bonds is 3. The van der Waals surface area contributed by atoms with Crippen molar-refractivity contribution >= 4 is 22.9 Å². The van der Waals surface area contributed by atoms with Crippen molar-refractivity contribution in [2.45, 2.75) is 12.3 Å². The van der Waals surface area contributed by atoms with Gasteiger partial charge in [0.05, 0.1) is 5.56 Å². The van der Waals surface area contributed by atoms with Crippen molar-refractivity contribution in [3.8, 4) is 0 Å². The average Bonchev–Trinajstić information content (AvgIpc) is 2.62. The molecule has 1 unspecified atom stereocenters. The fourth-order valence-corrected chi connectivity index (χ4v) is 2.62. The molecule has 27 heavy (non-hydrogen) atoms. The maximum atomic E-state index is 13.0. The molecule has 2 aromatic carbocycles. The van der Waals surface area contributed by atoms with Crippen molar-refractivity contribution in [3.63, 3.8) is 0 Å². The molecule has 1 atom stereocenters. The first-order valence-corrected chi connectivity index (χ1v) is 8.15. The topological polar surface area (TPSA) is 90.1 Å². The molecule has 7 N–H and O–H groups in total. The van der Waals surface area contributed by atoms with Crippen LogP contribution in [0.5, 0.6) is 0 Å². The summed E-state index contributed by atoms with van der Waals surface area (Å²) in [5.74, 6) is -0.00168. The molecule has 0 spiro atoms. The summed E-state index contributed by atoms with van der Waals surface area (Å²) in [7, 11) is 0. The predicted octanol–water partition coefficient (Wildman–Crippen LogP) is 1.62. The first kappa shape index (κ1) is 18.4. The number of para-hydroxylation sites is 1. The highest BCUT2D eigenvalue weighted by molar-refractivity contribution is 5.89. The molecule has 0 radical (unpaired) electrons. The van der Waals surface area contributed by atoms with Gasteiger partial charge < -0.3 is 11.1 Å². The molecule has 0 bridgehead atoms. The van der Waals surface area contributed by atoms with Gasteiger partial charge in [-0.25, -0.2) is 5.32 Å². The Bertz CT molecular complexity index is 898. The van der Waals surface area contributed by atoms with Gasteiger partial charge in [-0.2, -0.15) is 13.2 Å². The van der Waals surface area contributed by atoms with Crippen LogP contribution in [-0.4, -0.2) is 12.1 Å². The monoisotopic (exact) mass is 374 g/mol. The predicted molar refractivity (Wildman–Crippen MR) is 100 cm³/mol. The van der Waals surface area contributed by atoms with Gasteiger partial charge in [0.15, 0.2) is 6.17 Å². The number of alkyl halides is 3. The molecule has 0 saturated carbocycles. The summed E-state index contributed by atoms with van der Waals surface area (Å²) in [5, 5.41) is 5.66. The molecule has 3 rings (SSSR count).